The number of nitriles is 1. The summed E-state index contributed by atoms with van der Waals surface area (Å²) >= 11 is 0. The molecule has 3 aromatic heterocycles. The number of carboxylic acid groups (broad SMARTS) is 1. The molecule has 0 spiro atoms. The smallest absolute Gasteiger partial charge is 0.346 e. The molecule has 0 unspecified atom stereocenters. The average Bonchev–Trinajstić information content (AvgIpc) is 3.56. The Morgan fingerprint density at radius 1 is 0.729 bits per heavy atom. The van der Waals surface area contributed by atoms with Crippen molar-refractivity contribution in [2.45, 2.75) is 65.2 Å². The van der Waals surface area contributed by atoms with Gasteiger partial charge in [-0.05, 0) is 89.5 Å². The fraction of sp³-hybridized carbons (Fsp3) is 0.286. The van der Waals surface area contributed by atoms with Crippen LogP contribution >= 0.6 is 0 Å². The molecule has 6 heteroatoms. The average molecular weight is 639 g/mol. The lowest BCUT2D eigenvalue weighted by Crippen LogP contribution is -2.00. The van der Waals surface area contributed by atoms with Gasteiger partial charge in [0.05, 0.1) is 29.8 Å². The quantitative estimate of drug-likeness (QED) is 0.0648. The predicted octanol–water partition coefficient (Wildman–Crippen LogP) is 10.9. The minimum absolute atomic E-state index is 0.306. The Balaban J connectivity index is 1.43. The Labute approximate surface area is 282 Å². The van der Waals surface area contributed by atoms with Crippen molar-refractivity contribution in [3.8, 4) is 39.8 Å². The van der Waals surface area contributed by atoms with E-state index < -0.39 is 5.97 Å². The normalized spacial score (nSPS) is 11.8. The van der Waals surface area contributed by atoms with Crippen molar-refractivity contribution < 1.29 is 19.4 Å². The molecule has 0 aliphatic rings. The number of hydrogen-bond acceptors (Lipinski definition) is 4. The molecule has 0 aliphatic heterocycles. The highest BCUT2D eigenvalue weighted by Crippen LogP contribution is 2.41. The molecule has 0 saturated heterocycles. The summed E-state index contributed by atoms with van der Waals surface area (Å²) in [5, 5.41) is 21.1. The largest absolute Gasteiger partial charge is 0.494 e. The van der Waals surface area contributed by atoms with Gasteiger partial charge in [0.25, 0.3) is 0 Å². The maximum atomic E-state index is 11.8. The summed E-state index contributed by atoms with van der Waals surface area (Å²) in [4.78, 5) is 11.8. The summed E-state index contributed by atoms with van der Waals surface area (Å²) in [6.45, 7) is 5.83. The van der Waals surface area contributed by atoms with Gasteiger partial charge in [0.2, 0.25) is 0 Å². The van der Waals surface area contributed by atoms with Gasteiger partial charge in [-0.2, -0.15) is 5.26 Å². The van der Waals surface area contributed by atoms with Crippen LogP contribution in [-0.4, -0.2) is 28.7 Å². The Kier molecular flexibility index (Phi) is 10.3. The second kappa shape index (κ2) is 15.1. The molecule has 0 radical (unpaired) electrons. The molecule has 6 rings (SSSR count). The Morgan fingerprint density at radius 2 is 1.27 bits per heavy atom. The van der Waals surface area contributed by atoms with Gasteiger partial charge in [0, 0.05) is 16.5 Å². The van der Waals surface area contributed by atoms with E-state index in [1.165, 1.54) is 44.6 Å². The number of carbonyl (C=O) groups is 1. The van der Waals surface area contributed by atoms with Crippen molar-refractivity contribution in [2.24, 2.45) is 0 Å². The number of nitrogens with zero attached hydrogens (tertiary/aromatic N) is 2. The number of hydrogen-bond donors (Lipinski definition) is 1. The van der Waals surface area contributed by atoms with Gasteiger partial charge < -0.3 is 19.0 Å². The van der Waals surface area contributed by atoms with Gasteiger partial charge in [0.15, 0.2) is 0 Å². The van der Waals surface area contributed by atoms with Gasteiger partial charge in [-0.15, -0.1) is 0 Å². The van der Waals surface area contributed by atoms with Crippen LogP contribution in [-0.2, 0) is 4.79 Å². The van der Waals surface area contributed by atoms with Crippen molar-refractivity contribution in [1.82, 2.24) is 4.40 Å². The lowest BCUT2D eigenvalue weighted by molar-refractivity contribution is -0.132. The van der Waals surface area contributed by atoms with Crippen LogP contribution in [0, 0.1) is 11.3 Å². The maximum absolute atomic E-state index is 11.8. The summed E-state index contributed by atoms with van der Waals surface area (Å²) < 4.78 is 14.3. The first-order valence-corrected chi connectivity index (χ1v) is 17.2. The van der Waals surface area contributed by atoms with Crippen LogP contribution in [0.1, 0.15) is 70.8 Å². The number of benzene rings is 3. The summed E-state index contributed by atoms with van der Waals surface area (Å²) in [5.41, 5.74) is 7.66. The van der Waals surface area contributed by atoms with E-state index in [1.54, 1.807) is 0 Å². The zero-order chi connectivity index (χ0) is 33.5. The van der Waals surface area contributed by atoms with Crippen molar-refractivity contribution in [3.05, 3.63) is 96.1 Å². The minimum Gasteiger partial charge on any atom is -0.494 e. The standard InChI is InChI=1S/C42H42N2O4/c1-3-5-7-9-23-47-34-17-13-29(14-18-34)36-26-32-12-11-31(25-33(28-43)42(45)46)38-27-37(40-22-21-39(36)44(40)41(32)38)30-15-19-35(20-16-30)48-24-10-8-6-4-2/h11-22,25-27H,3-10,23-24H2,1-2H3,(H,45,46)/b33-25-. The third-order valence-electron chi connectivity index (χ3n) is 9.04. The fourth-order valence-electron chi connectivity index (χ4n) is 6.49. The molecule has 0 bridgehead atoms. The van der Waals surface area contributed by atoms with E-state index in [0.29, 0.717) is 12.2 Å². The number of ether oxygens (including phenoxy) is 2. The molecule has 244 valence electrons. The number of aliphatic carboxylic acids is 1. The van der Waals surface area contributed by atoms with Gasteiger partial charge in [-0.25, -0.2) is 4.79 Å². The molecule has 48 heavy (non-hydrogen) atoms. The minimum atomic E-state index is -1.24. The molecule has 3 heterocycles. The second-order valence-electron chi connectivity index (χ2n) is 12.4. The third-order valence-corrected chi connectivity index (χ3v) is 9.04. The Morgan fingerprint density at radius 3 is 1.77 bits per heavy atom. The number of unbranched alkanes of at least 4 members (excludes halogenated alkanes) is 6. The molecule has 0 amide bonds. The van der Waals surface area contributed by atoms with Crippen LogP contribution in [0.15, 0.2) is 90.5 Å². The summed E-state index contributed by atoms with van der Waals surface area (Å²) in [6.07, 6.45) is 10.8. The molecule has 1 N–H and O–H groups in total. The highest BCUT2D eigenvalue weighted by molar-refractivity contribution is 6.11. The Bertz CT molecular complexity index is 2070. The van der Waals surface area contributed by atoms with E-state index >= 15 is 0 Å². The van der Waals surface area contributed by atoms with E-state index in [0.717, 1.165) is 80.5 Å². The molecule has 0 fully saturated rings. The van der Waals surface area contributed by atoms with Crippen LogP contribution in [0.25, 0.3) is 55.7 Å². The number of aromatic nitrogens is 1. The summed E-state index contributed by atoms with van der Waals surface area (Å²) in [7, 11) is 0. The second-order valence-corrected chi connectivity index (χ2v) is 12.4. The van der Waals surface area contributed by atoms with Crippen LogP contribution < -0.4 is 9.47 Å². The third kappa shape index (κ3) is 6.87. The van der Waals surface area contributed by atoms with Crippen molar-refractivity contribution in [2.75, 3.05) is 13.2 Å². The number of pyridine rings is 2. The zero-order valence-electron chi connectivity index (χ0n) is 27.8. The van der Waals surface area contributed by atoms with Crippen LogP contribution in [0.2, 0.25) is 0 Å². The molecular formula is C42H42N2O4. The fourth-order valence-corrected chi connectivity index (χ4v) is 6.49. The van der Waals surface area contributed by atoms with E-state index in [1.807, 2.05) is 42.5 Å². The Hall–Kier alpha value is -5.28. The first-order valence-electron chi connectivity index (χ1n) is 17.2. The topological polar surface area (TPSA) is 84.0 Å². The van der Waals surface area contributed by atoms with Crippen LogP contribution in [0.3, 0.4) is 0 Å². The molecule has 6 nitrogen and oxygen atoms in total. The van der Waals surface area contributed by atoms with Crippen LogP contribution in [0.4, 0.5) is 0 Å². The lowest BCUT2D eigenvalue weighted by atomic mass is 9.95. The lowest BCUT2D eigenvalue weighted by Gasteiger charge is -2.18. The van der Waals surface area contributed by atoms with Crippen molar-refractivity contribution in [3.63, 3.8) is 0 Å². The first kappa shape index (κ1) is 32.7. The molecular weight excluding hydrogens is 596 g/mol. The van der Waals surface area contributed by atoms with Gasteiger partial charge in [-0.1, -0.05) is 88.8 Å². The highest BCUT2D eigenvalue weighted by Gasteiger charge is 2.19. The van der Waals surface area contributed by atoms with Crippen molar-refractivity contribution in [1.29, 1.82) is 5.26 Å². The van der Waals surface area contributed by atoms with E-state index in [9.17, 15) is 15.2 Å². The van der Waals surface area contributed by atoms with E-state index in [2.05, 4.69) is 66.8 Å². The molecule has 0 saturated carbocycles. The van der Waals surface area contributed by atoms with Gasteiger partial charge >= 0.3 is 5.97 Å². The van der Waals surface area contributed by atoms with Gasteiger partial charge in [-0.3, -0.25) is 0 Å². The molecule has 0 atom stereocenters. The SMILES string of the molecule is CCCCCCOc1ccc(-c2cc3ccc(/C=C(/C#N)C(=O)O)c4cc(-c5ccc(OCCCCCC)cc5)c5ccc2n5c34)cc1. The zero-order valence-corrected chi connectivity index (χ0v) is 27.8. The predicted molar refractivity (Wildman–Crippen MR) is 195 cm³/mol. The summed E-state index contributed by atoms with van der Waals surface area (Å²) in [5.74, 6) is 0.466. The molecule has 0 aliphatic carbocycles. The summed E-state index contributed by atoms with van der Waals surface area (Å²) in [6, 6.07) is 30.9. The first-order chi connectivity index (χ1) is 23.5. The van der Waals surface area contributed by atoms with E-state index in [4.69, 9.17) is 9.47 Å². The van der Waals surface area contributed by atoms with Crippen LogP contribution in [0.5, 0.6) is 11.5 Å². The maximum Gasteiger partial charge on any atom is 0.346 e. The molecule has 6 aromatic rings. The highest BCUT2D eigenvalue weighted by atomic mass is 16.5. The molecule has 3 aromatic carbocycles. The van der Waals surface area contributed by atoms with Crippen molar-refractivity contribution >= 4 is 39.4 Å². The number of carboxylic acids is 1. The van der Waals surface area contributed by atoms with E-state index in [-0.39, 0.29) is 5.57 Å². The number of rotatable bonds is 16. The van der Waals surface area contributed by atoms with Gasteiger partial charge in [0.1, 0.15) is 23.1 Å². The monoisotopic (exact) mass is 638 g/mol.